The maximum absolute atomic E-state index is 13.4. The van der Waals surface area contributed by atoms with Gasteiger partial charge in [0.25, 0.3) is 0 Å². The number of halogens is 1. The van der Waals surface area contributed by atoms with Crippen molar-refractivity contribution in [3.8, 4) is 11.1 Å². The first kappa shape index (κ1) is 13.3. The van der Waals surface area contributed by atoms with Crippen molar-refractivity contribution in [2.75, 3.05) is 0 Å². The lowest BCUT2D eigenvalue weighted by Crippen LogP contribution is -2.23. The zero-order valence-electron chi connectivity index (χ0n) is 11.3. The first-order chi connectivity index (χ1) is 9.15. The minimum absolute atomic E-state index is 0.204. The molecule has 0 aliphatic carbocycles. The zero-order valence-corrected chi connectivity index (χ0v) is 11.3. The Balaban J connectivity index is 2.68. The van der Waals surface area contributed by atoms with Crippen LogP contribution in [0.5, 0.6) is 0 Å². The Bertz CT molecular complexity index is 724. The number of aryl methyl sites for hydroxylation is 1. The highest BCUT2D eigenvalue weighted by Crippen LogP contribution is 2.22. The van der Waals surface area contributed by atoms with Crippen LogP contribution in [-0.4, -0.2) is 0 Å². The molecule has 0 aliphatic rings. The third-order valence-corrected chi connectivity index (χ3v) is 3.21. The minimum Gasteiger partial charge on any atom is -0.207 e. The van der Waals surface area contributed by atoms with Crippen molar-refractivity contribution in [1.29, 1.82) is 0 Å². The summed E-state index contributed by atoms with van der Waals surface area (Å²) in [6.45, 7) is 7.71. The van der Waals surface area contributed by atoms with Crippen LogP contribution in [0.4, 0.5) is 4.39 Å². The quantitative estimate of drug-likeness (QED) is 0.766. The van der Waals surface area contributed by atoms with Gasteiger partial charge in [-0.25, -0.2) is 4.39 Å². The lowest BCUT2D eigenvalue weighted by Gasteiger charge is -2.06. The van der Waals surface area contributed by atoms with Gasteiger partial charge in [-0.3, -0.25) is 0 Å². The molecule has 2 rings (SSSR count). The fourth-order valence-electron chi connectivity index (χ4n) is 2.18. The summed E-state index contributed by atoms with van der Waals surface area (Å²) in [6.07, 6.45) is 5.79. The lowest BCUT2D eigenvalue weighted by molar-refractivity contribution is 0.628. The molecule has 0 nitrogen and oxygen atoms in total. The molecule has 0 saturated heterocycles. The van der Waals surface area contributed by atoms with Crippen molar-refractivity contribution in [3.05, 3.63) is 70.9 Å². The van der Waals surface area contributed by atoms with E-state index in [9.17, 15) is 4.39 Å². The van der Waals surface area contributed by atoms with Gasteiger partial charge in [0.15, 0.2) is 0 Å². The van der Waals surface area contributed by atoms with E-state index in [4.69, 9.17) is 0 Å². The summed E-state index contributed by atoms with van der Waals surface area (Å²) >= 11 is 0. The molecule has 0 aromatic heterocycles. The first-order valence-corrected chi connectivity index (χ1v) is 6.31. The number of allylic oxidation sites excluding steroid dienone is 1. The fraction of sp³-hybridized carbons (Fsp3) is 0.111. The van der Waals surface area contributed by atoms with E-state index >= 15 is 0 Å². The Kier molecular flexibility index (Phi) is 3.96. The molecule has 0 radical (unpaired) electrons. The van der Waals surface area contributed by atoms with Crippen molar-refractivity contribution in [2.45, 2.75) is 13.8 Å². The molecule has 0 saturated carbocycles. The van der Waals surface area contributed by atoms with Gasteiger partial charge < -0.3 is 0 Å². The van der Waals surface area contributed by atoms with Gasteiger partial charge >= 0.3 is 0 Å². The van der Waals surface area contributed by atoms with Gasteiger partial charge in [-0.1, -0.05) is 43.0 Å². The van der Waals surface area contributed by atoms with Crippen LogP contribution < -0.4 is 10.4 Å². The smallest absolute Gasteiger partial charge is 0.123 e. The van der Waals surface area contributed by atoms with Crippen LogP contribution in [0.2, 0.25) is 0 Å². The third-order valence-electron chi connectivity index (χ3n) is 3.21. The summed E-state index contributed by atoms with van der Waals surface area (Å²) in [7, 11) is 0. The Hall–Kier alpha value is -2.15. The van der Waals surface area contributed by atoms with Gasteiger partial charge in [0.2, 0.25) is 0 Å². The summed E-state index contributed by atoms with van der Waals surface area (Å²) in [5.41, 5.74) is 3.04. The summed E-state index contributed by atoms with van der Waals surface area (Å²) in [5, 5.41) is 2.25. The molecule has 0 N–H and O–H groups in total. The summed E-state index contributed by atoms with van der Waals surface area (Å²) in [4.78, 5) is 0. The molecule has 1 heteroatoms. The van der Waals surface area contributed by atoms with E-state index in [1.807, 2.05) is 44.2 Å². The topological polar surface area (TPSA) is 0 Å². The van der Waals surface area contributed by atoms with E-state index in [1.165, 1.54) is 6.07 Å². The maximum Gasteiger partial charge on any atom is 0.123 e. The molecule has 0 heterocycles. The van der Waals surface area contributed by atoms with Crippen molar-refractivity contribution in [1.82, 2.24) is 0 Å². The molecular weight excluding hydrogens is 235 g/mol. The molecular formula is C18H17F. The molecule has 0 spiro atoms. The maximum atomic E-state index is 13.4. The van der Waals surface area contributed by atoms with Crippen molar-refractivity contribution < 1.29 is 4.39 Å². The van der Waals surface area contributed by atoms with Crippen LogP contribution in [0.15, 0.2) is 49.1 Å². The monoisotopic (exact) mass is 252 g/mol. The van der Waals surface area contributed by atoms with Crippen LogP contribution >= 0.6 is 0 Å². The van der Waals surface area contributed by atoms with E-state index < -0.39 is 0 Å². The highest BCUT2D eigenvalue weighted by molar-refractivity contribution is 5.67. The SMILES string of the molecule is C=C/C=c1/ccc(-c2cc(F)ccc2C)c/c1=C/C. The highest BCUT2D eigenvalue weighted by Gasteiger charge is 2.03. The summed E-state index contributed by atoms with van der Waals surface area (Å²) < 4.78 is 13.4. The lowest BCUT2D eigenvalue weighted by atomic mass is 9.99. The van der Waals surface area contributed by atoms with Crippen LogP contribution in [0.1, 0.15) is 12.5 Å². The van der Waals surface area contributed by atoms with Gasteiger partial charge in [-0.05, 0) is 59.2 Å². The van der Waals surface area contributed by atoms with Crippen LogP contribution in [0, 0.1) is 12.7 Å². The molecule has 2 aromatic carbocycles. The number of hydrogen-bond acceptors (Lipinski definition) is 0. The first-order valence-electron chi connectivity index (χ1n) is 6.31. The van der Waals surface area contributed by atoms with Crippen LogP contribution in [-0.2, 0) is 0 Å². The molecule has 0 aliphatic heterocycles. The standard InChI is InChI=1S/C18H17F/c1-4-6-15-8-9-16(11-14(15)5-2)18-12-17(19)10-7-13(18)3/h4-12H,1H2,2-3H3/b14-5-,15-6-. The van der Waals surface area contributed by atoms with Crippen LogP contribution in [0.3, 0.4) is 0 Å². The van der Waals surface area contributed by atoms with Gasteiger partial charge in [0.1, 0.15) is 5.82 Å². The molecule has 0 unspecified atom stereocenters. The fourth-order valence-corrected chi connectivity index (χ4v) is 2.18. The Morgan fingerprint density at radius 1 is 1.05 bits per heavy atom. The van der Waals surface area contributed by atoms with E-state index in [-0.39, 0.29) is 5.82 Å². The Morgan fingerprint density at radius 2 is 1.84 bits per heavy atom. The average molecular weight is 252 g/mol. The van der Waals surface area contributed by atoms with E-state index in [0.29, 0.717) is 0 Å². The van der Waals surface area contributed by atoms with Crippen molar-refractivity contribution in [3.63, 3.8) is 0 Å². The zero-order chi connectivity index (χ0) is 13.8. The minimum atomic E-state index is -0.204. The van der Waals surface area contributed by atoms with Crippen molar-refractivity contribution >= 4 is 12.2 Å². The Morgan fingerprint density at radius 3 is 2.53 bits per heavy atom. The van der Waals surface area contributed by atoms with Gasteiger partial charge in [0.05, 0.1) is 0 Å². The molecule has 19 heavy (non-hydrogen) atoms. The predicted molar refractivity (Wildman–Crippen MR) is 80.6 cm³/mol. The number of benzene rings is 2. The second kappa shape index (κ2) is 5.66. The second-order valence-electron chi connectivity index (χ2n) is 4.49. The molecule has 96 valence electrons. The van der Waals surface area contributed by atoms with Gasteiger partial charge in [-0.15, -0.1) is 0 Å². The van der Waals surface area contributed by atoms with Gasteiger partial charge in [0, 0.05) is 0 Å². The number of hydrogen-bond donors (Lipinski definition) is 0. The molecule has 0 atom stereocenters. The average Bonchev–Trinajstić information content (AvgIpc) is 2.42. The highest BCUT2D eigenvalue weighted by atomic mass is 19.1. The molecule has 0 amide bonds. The normalized spacial score (nSPS) is 12.8. The molecule has 2 aromatic rings. The second-order valence-corrected chi connectivity index (χ2v) is 4.49. The molecule has 0 bridgehead atoms. The molecule has 0 fully saturated rings. The van der Waals surface area contributed by atoms with Crippen LogP contribution in [0.25, 0.3) is 23.3 Å². The summed E-state index contributed by atoms with van der Waals surface area (Å²) in [6, 6.07) is 11.0. The Labute approximate surface area is 113 Å². The third kappa shape index (κ3) is 2.82. The van der Waals surface area contributed by atoms with Crippen molar-refractivity contribution in [2.24, 2.45) is 0 Å². The largest absolute Gasteiger partial charge is 0.207 e. The summed E-state index contributed by atoms with van der Waals surface area (Å²) in [5.74, 6) is -0.204. The van der Waals surface area contributed by atoms with E-state index in [1.54, 1.807) is 12.1 Å². The van der Waals surface area contributed by atoms with E-state index in [0.717, 1.165) is 27.1 Å². The van der Waals surface area contributed by atoms with Gasteiger partial charge in [-0.2, -0.15) is 0 Å². The number of rotatable bonds is 2. The predicted octanol–water partition coefficient (Wildman–Crippen LogP) is 3.57. The van der Waals surface area contributed by atoms with E-state index in [2.05, 4.69) is 12.6 Å².